The number of aliphatic hydroxyl groups excluding tert-OH is 1. The second-order valence-corrected chi connectivity index (χ2v) is 13.0. The van der Waals surface area contributed by atoms with Gasteiger partial charge in [0.1, 0.15) is 36.0 Å². The number of fused-ring (bicyclic) bond motifs is 1. The summed E-state index contributed by atoms with van der Waals surface area (Å²) in [6, 6.07) is 6.67. The van der Waals surface area contributed by atoms with Crippen LogP contribution in [0.1, 0.15) is 29.7 Å². The molecule has 3 heterocycles. The highest BCUT2D eigenvalue weighted by Gasteiger charge is 2.34. The summed E-state index contributed by atoms with van der Waals surface area (Å²) in [6.07, 6.45) is 4.67. The number of carbonyl (C=O) groups is 7. The molecule has 0 spiro atoms. The van der Waals surface area contributed by atoms with Gasteiger partial charge < -0.3 is 57.8 Å². The Morgan fingerprint density at radius 2 is 1.47 bits per heavy atom. The number of amides is 7. The van der Waals surface area contributed by atoms with Crippen LogP contribution >= 0.6 is 0 Å². The van der Waals surface area contributed by atoms with Crippen LogP contribution in [0.4, 0.5) is 0 Å². The number of aromatic nitrogens is 3. The molecule has 1 aliphatic rings. The first-order valence-corrected chi connectivity index (χ1v) is 17.4. The molecule has 19 heteroatoms. The van der Waals surface area contributed by atoms with Gasteiger partial charge in [0, 0.05) is 54.7 Å². The maximum absolute atomic E-state index is 14.0. The lowest BCUT2D eigenvalue weighted by Gasteiger charge is -2.26. The highest BCUT2D eigenvalue weighted by molar-refractivity contribution is 5.98. The molecule has 290 valence electrons. The van der Waals surface area contributed by atoms with Crippen molar-refractivity contribution in [2.75, 3.05) is 13.2 Å². The van der Waals surface area contributed by atoms with Crippen LogP contribution < -0.4 is 37.6 Å². The molecule has 0 radical (unpaired) electrons. The minimum absolute atomic E-state index is 0.0304. The van der Waals surface area contributed by atoms with Crippen molar-refractivity contribution in [1.82, 2.24) is 46.9 Å². The number of phenolic OH excluding ortho intramolecular Hbond substituents is 1. The van der Waals surface area contributed by atoms with Gasteiger partial charge in [-0.25, -0.2) is 4.98 Å². The van der Waals surface area contributed by atoms with Crippen LogP contribution in [-0.2, 0) is 52.8 Å². The maximum Gasteiger partial charge on any atom is 0.245 e. The molecule has 5 rings (SSSR count). The van der Waals surface area contributed by atoms with Crippen LogP contribution in [0.3, 0.4) is 0 Å². The van der Waals surface area contributed by atoms with E-state index in [4.69, 9.17) is 5.73 Å². The molecule has 2 aromatic heterocycles. The molecule has 1 aliphatic heterocycles. The van der Waals surface area contributed by atoms with E-state index in [2.05, 4.69) is 46.9 Å². The van der Waals surface area contributed by atoms with Crippen molar-refractivity contribution in [1.29, 1.82) is 0 Å². The van der Waals surface area contributed by atoms with E-state index in [1.807, 2.05) is 18.2 Å². The predicted molar refractivity (Wildman–Crippen MR) is 194 cm³/mol. The number of aromatic hydroxyl groups is 1. The third-order valence-corrected chi connectivity index (χ3v) is 8.92. The zero-order valence-electron chi connectivity index (χ0n) is 29.5. The number of rotatable bonds is 18. The van der Waals surface area contributed by atoms with Crippen LogP contribution in [0.2, 0.25) is 0 Å². The molecule has 19 nitrogen and oxygen atoms in total. The van der Waals surface area contributed by atoms with Crippen LogP contribution in [0, 0.1) is 0 Å². The third-order valence-electron chi connectivity index (χ3n) is 8.92. The van der Waals surface area contributed by atoms with Crippen molar-refractivity contribution in [3.63, 3.8) is 0 Å². The number of imidazole rings is 1. The summed E-state index contributed by atoms with van der Waals surface area (Å²) in [5.41, 5.74) is 7.57. The van der Waals surface area contributed by atoms with E-state index in [1.54, 1.807) is 12.3 Å². The van der Waals surface area contributed by atoms with E-state index in [0.29, 0.717) is 16.8 Å². The van der Waals surface area contributed by atoms with Crippen molar-refractivity contribution in [2.24, 2.45) is 5.73 Å². The Kier molecular flexibility index (Phi) is 13.1. The Labute approximate surface area is 313 Å². The van der Waals surface area contributed by atoms with Crippen LogP contribution in [0.15, 0.2) is 67.3 Å². The smallest absolute Gasteiger partial charge is 0.245 e. The lowest BCUT2D eigenvalue weighted by Crippen LogP contribution is -2.60. The molecule has 2 aromatic carbocycles. The summed E-state index contributed by atoms with van der Waals surface area (Å²) < 4.78 is 0. The molecule has 12 N–H and O–H groups in total. The molecule has 0 unspecified atom stereocenters. The van der Waals surface area contributed by atoms with Gasteiger partial charge in [-0.2, -0.15) is 0 Å². The number of benzene rings is 2. The Balaban J connectivity index is 1.36. The lowest BCUT2D eigenvalue weighted by molar-refractivity contribution is -0.135. The number of aromatic amines is 2. The Hall–Kier alpha value is -6.76. The minimum Gasteiger partial charge on any atom is -0.508 e. The van der Waals surface area contributed by atoms with Crippen molar-refractivity contribution < 1.29 is 43.8 Å². The van der Waals surface area contributed by atoms with E-state index < -0.39 is 78.8 Å². The van der Waals surface area contributed by atoms with Gasteiger partial charge in [-0.3, -0.25) is 33.6 Å². The summed E-state index contributed by atoms with van der Waals surface area (Å²) in [6.45, 7) is -1.43. The number of nitrogens with two attached hydrogens (primary N) is 1. The van der Waals surface area contributed by atoms with Gasteiger partial charge in [-0.15, -0.1) is 0 Å². The lowest BCUT2D eigenvalue weighted by atomic mass is 10.0. The molecule has 1 saturated heterocycles. The minimum atomic E-state index is -1.62. The average molecular weight is 759 g/mol. The second-order valence-electron chi connectivity index (χ2n) is 13.0. The van der Waals surface area contributed by atoms with Gasteiger partial charge in [0.25, 0.3) is 0 Å². The largest absolute Gasteiger partial charge is 0.508 e. The summed E-state index contributed by atoms with van der Waals surface area (Å²) >= 11 is 0. The molecule has 0 aliphatic carbocycles. The number of aliphatic hydroxyl groups is 1. The van der Waals surface area contributed by atoms with Gasteiger partial charge in [0.2, 0.25) is 41.4 Å². The zero-order chi connectivity index (χ0) is 39.5. The van der Waals surface area contributed by atoms with Gasteiger partial charge in [-0.05, 0) is 35.7 Å². The highest BCUT2D eigenvalue weighted by Crippen LogP contribution is 2.20. The number of hydrogen-bond acceptors (Lipinski definition) is 10. The topological polar surface area (TPSA) is 303 Å². The Morgan fingerprint density at radius 1 is 0.818 bits per heavy atom. The fourth-order valence-electron chi connectivity index (χ4n) is 6.02. The number of nitrogens with one attached hydrogen (secondary N) is 8. The monoisotopic (exact) mass is 758 g/mol. The number of carbonyl (C=O) groups excluding carboxylic acids is 7. The van der Waals surface area contributed by atoms with Gasteiger partial charge >= 0.3 is 0 Å². The number of primary amides is 1. The summed E-state index contributed by atoms with van der Waals surface area (Å²) in [7, 11) is 0. The summed E-state index contributed by atoms with van der Waals surface area (Å²) in [5.74, 6) is -5.15. The SMILES string of the molecule is NC(=O)CNC(=O)[C@H](Cc1ccc(O)cc1)NC(=O)[C@H](CO)NC(=O)[C@H](Cc1c[nH]c2ccccc12)NC(=O)[C@H](Cc1cnc[nH]1)NC(=O)[C@@H]1CCC(=O)N1. The standard InChI is InChI=1S/C36H42N10O9/c37-30(49)16-40-32(51)26(11-19-5-7-22(48)8-6-19)43-36(55)29(17-47)46-34(53)27(12-20-14-39-24-4-2-1-3-23(20)24)44-35(54)28(13-21-15-38-18-41-21)45-33(52)25-9-10-31(50)42-25/h1-8,14-15,18,25-29,39,47-48H,9-13,16-17H2,(H2,37,49)(H,38,41)(H,40,51)(H,42,50)(H,43,55)(H,44,54)(H,45,52)(H,46,53)/t25-,26-,27-,28-,29-/m0/s1. The van der Waals surface area contributed by atoms with Crippen molar-refractivity contribution in [3.05, 3.63) is 84.1 Å². The number of hydrogen-bond donors (Lipinski definition) is 11. The highest BCUT2D eigenvalue weighted by atomic mass is 16.3. The number of para-hydroxylation sites is 1. The van der Waals surface area contributed by atoms with E-state index in [-0.39, 0.29) is 43.8 Å². The molecular formula is C36H42N10O9. The van der Waals surface area contributed by atoms with E-state index in [0.717, 1.165) is 10.9 Å². The van der Waals surface area contributed by atoms with Crippen LogP contribution in [0.5, 0.6) is 5.75 Å². The van der Waals surface area contributed by atoms with Gasteiger partial charge in [0.05, 0.1) is 19.5 Å². The molecule has 1 fully saturated rings. The zero-order valence-corrected chi connectivity index (χ0v) is 29.5. The first-order chi connectivity index (χ1) is 26.4. The number of nitrogens with zero attached hydrogens (tertiary/aromatic N) is 1. The fourth-order valence-corrected chi connectivity index (χ4v) is 6.02. The van der Waals surface area contributed by atoms with Gasteiger partial charge in [-0.1, -0.05) is 30.3 Å². The first kappa shape index (κ1) is 39.4. The number of phenols is 1. The summed E-state index contributed by atoms with van der Waals surface area (Å²) in [5, 5.41) is 35.8. The average Bonchev–Trinajstić information content (AvgIpc) is 3.94. The third kappa shape index (κ3) is 10.9. The molecule has 0 bridgehead atoms. The van der Waals surface area contributed by atoms with Crippen molar-refractivity contribution in [3.8, 4) is 5.75 Å². The fraction of sp³-hybridized carbons (Fsp3) is 0.333. The van der Waals surface area contributed by atoms with Crippen molar-refractivity contribution >= 4 is 52.3 Å². The van der Waals surface area contributed by atoms with Gasteiger partial charge in [0.15, 0.2) is 0 Å². The van der Waals surface area contributed by atoms with Crippen LogP contribution in [0.25, 0.3) is 10.9 Å². The Bertz CT molecular complexity index is 2020. The summed E-state index contributed by atoms with van der Waals surface area (Å²) in [4.78, 5) is 101. The quantitative estimate of drug-likeness (QED) is 0.0504. The van der Waals surface area contributed by atoms with E-state index in [9.17, 15) is 43.8 Å². The normalized spacial score (nSPS) is 15.9. The molecule has 0 saturated carbocycles. The Morgan fingerprint density at radius 3 is 2.11 bits per heavy atom. The van der Waals surface area contributed by atoms with E-state index in [1.165, 1.54) is 36.8 Å². The molecule has 4 aromatic rings. The number of H-pyrrole nitrogens is 2. The van der Waals surface area contributed by atoms with Crippen LogP contribution in [-0.4, -0.2) is 110 Å². The predicted octanol–water partition coefficient (Wildman–Crippen LogP) is -2.56. The second kappa shape index (κ2) is 18.3. The maximum atomic E-state index is 14.0. The van der Waals surface area contributed by atoms with Crippen molar-refractivity contribution in [2.45, 2.75) is 62.3 Å². The molecule has 55 heavy (non-hydrogen) atoms. The first-order valence-electron chi connectivity index (χ1n) is 17.4. The molecule has 5 atom stereocenters. The molecule has 7 amide bonds. The van der Waals surface area contributed by atoms with E-state index >= 15 is 0 Å². The molecular weight excluding hydrogens is 716 g/mol.